The quantitative estimate of drug-likeness (QED) is 0.362. The Labute approximate surface area is 205 Å². The summed E-state index contributed by atoms with van der Waals surface area (Å²) in [6, 6.07) is 0. The van der Waals surface area contributed by atoms with Crippen molar-refractivity contribution < 1.29 is 14.6 Å². The Balaban J connectivity index is 2.26. The van der Waals surface area contributed by atoms with Crippen LogP contribution in [0.25, 0.3) is 6.08 Å². The number of allylic oxidation sites excluding steroid dienone is 1. The van der Waals surface area contributed by atoms with Crippen LogP contribution >= 0.6 is 11.3 Å². The highest BCUT2D eigenvalue weighted by Gasteiger charge is 2.40. The maximum absolute atomic E-state index is 12.9. The first-order chi connectivity index (χ1) is 15.4. The van der Waals surface area contributed by atoms with Crippen LogP contribution in [0.5, 0.6) is 0 Å². The number of esters is 1. The Hall–Kier alpha value is -1.46. The summed E-state index contributed by atoms with van der Waals surface area (Å²) in [5.74, 6) is 1.56. The maximum atomic E-state index is 12.9. The molecule has 0 radical (unpaired) electrons. The molecule has 5 heteroatoms. The molecule has 1 aliphatic rings. The van der Waals surface area contributed by atoms with Gasteiger partial charge in [0.25, 0.3) is 0 Å². The van der Waals surface area contributed by atoms with E-state index in [-0.39, 0.29) is 29.8 Å². The summed E-state index contributed by atoms with van der Waals surface area (Å²) >= 11 is 1.61. The Morgan fingerprint density at radius 1 is 1.21 bits per heavy atom. The highest BCUT2D eigenvalue weighted by Crippen LogP contribution is 2.42. The fourth-order valence-corrected chi connectivity index (χ4v) is 5.41. The van der Waals surface area contributed by atoms with Crippen LogP contribution < -0.4 is 0 Å². The van der Waals surface area contributed by atoms with E-state index in [9.17, 15) is 9.90 Å². The Morgan fingerprint density at radius 2 is 1.91 bits per heavy atom. The molecule has 0 bridgehead atoms. The number of rotatable bonds is 2. The number of thiazole rings is 1. The molecule has 33 heavy (non-hydrogen) atoms. The summed E-state index contributed by atoms with van der Waals surface area (Å²) in [6.45, 7) is 17.4. The second kappa shape index (κ2) is 12.3. The number of carbonyl (C=O) groups is 1. The summed E-state index contributed by atoms with van der Waals surface area (Å²) in [5.41, 5.74) is 1.48. The zero-order chi connectivity index (χ0) is 24.8. The summed E-state index contributed by atoms with van der Waals surface area (Å²) in [4.78, 5) is 17.4. The minimum Gasteiger partial charge on any atom is -0.457 e. The number of carbonyl (C=O) groups excluding carboxylic acids is 1. The first-order valence-corrected chi connectivity index (χ1v) is 13.4. The van der Waals surface area contributed by atoms with Crippen LogP contribution in [0, 0.1) is 36.0 Å². The molecule has 1 aromatic rings. The van der Waals surface area contributed by atoms with Gasteiger partial charge in [0.05, 0.1) is 23.2 Å². The third-order valence-electron chi connectivity index (χ3n) is 8.25. The van der Waals surface area contributed by atoms with Crippen molar-refractivity contribution in [2.75, 3.05) is 0 Å². The van der Waals surface area contributed by atoms with E-state index in [1.54, 1.807) is 11.3 Å². The van der Waals surface area contributed by atoms with Gasteiger partial charge < -0.3 is 9.84 Å². The van der Waals surface area contributed by atoms with Gasteiger partial charge in [0.1, 0.15) is 6.10 Å². The van der Waals surface area contributed by atoms with Crippen molar-refractivity contribution in [3.05, 3.63) is 33.8 Å². The van der Waals surface area contributed by atoms with Crippen LogP contribution in [-0.4, -0.2) is 28.3 Å². The van der Waals surface area contributed by atoms with E-state index in [0.717, 1.165) is 29.1 Å². The monoisotopic (exact) mass is 475 g/mol. The highest BCUT2D eigenvalue weighted by molar-refractivity contribution is 7.09. The first-order valence-electron chi connectivity index (χ1n) is 12.6. The number of aliphatic hydroxyl groups is 1. The molecule has 0 aromatic carbocycles. The zero-order valence-corrected chi connectivity index (χ0v) is 22.7. The van der Waals surface area contributed by atoms with Crippen LogP contribution in [0.4, 0.5) is 0 Å². The molecule has 0 aliphatic carbocycles. The van der Waals surface area contributed by atoms with Gasteiger partial charge in [0.15, 0.2) is 0 Å². The molecule has 1 aromatic heterocycles. The molecule has 2 rings (SSSR count). The first kappa shape index (κ1) is 27.8. The third-order valence-corrected chi connectivity index (χ3v) is 9.04. The van der Waals surface area contributed by atoms with Crippen molar-refractivity contribution in [2.24, 2.45) is 29.1 Å². The van der Waals surface area contributed by atoms with Gasteiger partial charge in [-0.2, -0.15) is 0 Å². The molecule has 1 unspecified atom stereocenters. The average Bonchev–Trinajstić information content (AvgIpc) is 3.16. The topological polar surface area (TPSA) is 59.4 Å². The fourth-order valence-electron chi connectivity index (χ4n) is 4.84. The number of hydrogen-bond acceptors (Lipinski definition) is 5. The third kappa shape index (κ3) is 7.78. The van der Waals surface area contributed by atoms with Crippen LogP contribution in [0.3, 0.4) is 0 Å². The van der Waals surface area contributed by atoms with Crippen LogP contribution in [0.15, 0.2) is 23.1 Å². The lowest BCUT2D eigenvalue weighted by Gasteiger charge is -2.42. The van der Waals surface area contributed by atoms with Crippen molar-refractivity contribution >= 4 is 23.4 Å². The standard InChI is InChI=1S/C28H45NO3S/c1-18-13-11-9-10-12-14-25(19(2)15-24-17-33-23(6)29-24)32-27(31)16-26(30)28(7,8)22(5)21(4)20(18)3/h10,12,15,17-18,20-22,25-26,30H,9,11,13-14,16H2,1-8H3/b12-10-,19-15+/t18-,20-,21+,22+,25-,26?/m0/s1. The van der Waals surface area contributed by atoms with Gasteiger partial charge in [-0.3, -0.25) is 4.79 Å². The van der Waals surface area contributed by atoms with Gasteiger partial charge in [-0.15, -0.1) is 11.3 Å². The second-order valence-corrected chi connectivity index (χ2v) is 11.9. The molecule has 2 heterocycles. The number of hydrogen-bond donors (Lipinski definition) is 1. The molecule has 1 aliphatic heterocycles. The Kier molecular flexibility index (Phi) is 10.4. The molecule has 0 saturated carbocycles. The molecule has 0 amide bonds. The second-order valence-electron chi connectivity index (χ2n) is 10.8. The lowest BCUT2D eigenvalue weighted by atomic mass is 9.64. The maximum Gasteiger partial charge on any atom is 0.309 e. The lowest BCUT2D eigenvalue weighted by Crippen LogP contribution is -2.42. The van der Waals surface area contributed by atoms with Gasteiger partial charge in [-0.05, 0) is 67.4 Å². The molecule has 0 spiro atoms. The van der Waals surface area contributed by atoms with E-state index in [1.165, 1.54) is 6.42 Å². The molecular weight excluding hydrogens is 430 g/mol. The van der Waals surface area contributed by atoms with E-state index in [2.05, 4.69) is 58.7 Å². The minimum atomic E-state index is -0.750. The summed E-state index contributed by atoms with van der Waals surface area (Å²) in [7, 11) is 0. The van der Waals surface area contributed by atoms with Gasteiger partial charge in [0, 0.05) is 11.8 Å². The lowest BCUT2D eigenvalue weighted by molar-refractivity contribution is -0.152. The molecule has 0 saturated heterocycles. The van der Waals surface area contributed by atoms with E-state index in [0.29, 0.717) is 24.2 Å². The van der Waals surface area contributed by atoms with Crippen molar-refractivity contribution in [3.63, 3.8) is 0 Å². The SMILES string of the molecule is C/C(=C\c1csc(C)n1)[C@@H]1C/C=C\CCC[C@H](C)[C@H](C)[C@@H](C)[C@@H](C)C(C)(C)C(O)CC(=O)O1. The van der Waals surface area contributed by atoms with Crippen LogP contribution in [0.2, 0.25) is 0 Å². The van der Waals surface area contributed by atoms with Gasteiger partial charge in [0.2, 0.25) is 0 Å². The fraction of sp³-hybridized carbons (Fsp3) is 0.714. The van der Waals surface area contributed by atoms with Crippen molar-refractivity contribution in [3.8, 4) is 0 Å². The predicted octanol–water partition coefficient (Wildman–Crippen LogP) is 7.22. The number of cyclic esters (lactones) is 1. The van der Waals surface area contributed by atoms with Crippen molar-refractivity contribution in [1.29, 1.82) is 0 Å². The highest BCUT2D eigenvalue weighted by atomic mass is 32.1. The predicted molar refractivity (Wildman–Crippen MR) is 139 cm³/mol. The average molecular weight is 476 g/mol. The number of aromatic nitrogens is 1. The van der Waals surface area contributed by atoms with Gasteiger partial charge in [-0.25, -0.2) is 4.98 Å². The number of aliphatic hydroxyl groups excluding tert-OH is 1. The van der Waals surface area contributed by atoms with Crippen LogP contribution in [0.1, 0.15) is 91.3 Å². The normalized spacial score (nSPS) is 34.0. The van der Waals surface area contributed by atoms with E-state index in [1.807, 2.05) is 25.3 Å². The molecule has 1 N–H and O–H groups in total. The number of aryl methyl sites for hydroxylation is 1. The van der Waals surface area contributed by atoms with E-state index < -0.39 is 6.10 Å². The zero-order valence-electron chi connectivity index (χ0n) is 21.9. The summed E-state index contributed by atoms with van der Waals surface area (Å²) in [6.07, 6.45) is 9.29. The molecule has 186 valence electrons. The van der Waals surface area contributed by atoms with Gasteiger partial charge in [-0.1, -0.05) is 60.1 Å². The summed E-state index contributed by atoms with van der Waals surface area (Å²) < 4.78 is 5.91. The molecule has 6 atom stereocenters. The number of ether oxygens (including phenoxy) is 1. The number of nitrogens with zero attached hydrogens (tertiary/aromatic N) is 1. The van der Waals surface area contributed by atoms with Crippen molar-refractivity contribution in [2.45, 2.75) is 99.7 Å². The van der Waals surface area contributed by atoms with E-state index >= 15 is 0 Å². The minimum absolute atomic E-state index is 0.0112. The van der Waals surface area contributed by atoms with Crippen LogP contribution in [-0.2, 0) is 9.53 Å². The Bertz CT molecular complexity index is 825. The molecule has 4 nitrogen and oxygen atoms in total. The summed E-state index contributed by atoms with van der Waals surface area (Å²) in [5, 5.41) is 14.1. The molecule has 0 fully saturated rings. The van der Waals surface area contributed by atoms with Gasteiger partial charge >= 0.3 is 5.97 Å². The van der Waals surface area contributed by atoms with Crippen molar-refractivity contribution in [1.82, 2.24) is 4.98 Å². The smallest absolute Gasteiger partial charge is 0.309 e. The molecular formula is C28H45NO3S. The Morgan fingerprint density at radius 3 is 2.55 bits per heavy atom. The largest absolute Gasteiger partial charge is 0.457 e. The van der Waals surface area contributed by atoms with E-state index in [4.69, 9.17) is 4.74 Å².